The van der Waals surface area contributed by atoms with Crippen molar-refractivity contribution in [2.24, 2.45) is 0 Å². The average Bonchev–Trinajstić information content (AvgIpc) is 2.76. The highest BCUT2D eigenvalue weighted by Gasteiger charge is 2.19. The van der Waals surface area contributed by atoms with E-state index in [9.17, 15) is 14.4 Å². The second-order valence-corrected chi connectivity index (χ2v) is 6.11. The SMILES string of the molecule is COc1ccc(NC(=O)COC(=O)[C@H](C)NC(=O)COc2ccccc2)c(OC)c1. The normalized spacial score (nSPS) is 11.0. The van der Waals surface area contributed by atoms with Gasteiger partial charge >= 0.3 is 5.97 Å². The molecule has 9 heteroatoms. The molecule has 0 saturated carbocycles. The summed E-state index contributed by atoms with van der Waals surface area (Å²) in [7, 11) is 2.97. The molecule has 2 rings (SSSR count). The molecule has 0 bridgehead atoms. The molecule has 160 valence electrons. The summed E-state index contributed by atoms with van der Waals surface area (Å²) in [5.41, 5.74) is 0.402. The second-order valence-electron chi connectivity index (χ2n) is 6.11. The number of para-hydroxylation sites is 1. The van der Waals surface area contributed by atoms with Gasteiger partial charge in [0.05, 0.1) is 19.9 Å². The van der Waals surface area contributed by atoms with E-state index in [-0.39, 0.29) is 6.61 Å². The average molecular weight is 416 g/mol. The van der Waals surface area contributed by atoms with Crippen molar-refractivity contribution in [1.29, 1.82) is 0 Å². The second kappa shape index (κ2) is 11.3. The number of anilines is 1. The van der Waals surface area contributed by atoms with Crippen molar-refractivity contribution >= 4 is 23.5 Å². The van der Waals surface area contributed by atoms with Gasteiger partial charge in [-0.2, -0.15) is 0 Å². The van der Waals surface area contributed by atoms with E-state index in [4.69, 9.17) is 18.9 Å². The first kappa shape index (κ1) is 22.5. The Kier molecular flexibility index (Phi) is 8.49. The first-order valence-electron chi connectivity index (χ1n) is 9.08. The van der Waals surface area contributed by atoms with Crippen LogP contribution in [0.15, 0.2) is 48.5 Å². The van der Waals surface area contributed by atoms with E-state index < -0.39 is 30.4 Å². The predicted octanol–water partition coefficient (Wildman–Crippen LogP) is 1.77. The zero-order valence-corrected chi connectivity index (χ0v) is 17.0. The fourth-order valence-corrected chi connectivity index (χ4v) is 2.36. The van der Waals surface area contributed by atoms with Gasteiger partial charge in [0, 0.05) is 6.07 Å². The first-order chi connectivity index (χ1) is 14.4. The highest BCUT2D eigenvalue weighted by molar-refractivity contribution is 5.94. The molecular formula is C21H24N2O7. The van der Waals surface area contributed by atoms with Gasteiger partial charge in [-0.15, -0.1) is 0 Å². The Morgan fingerprint density at radius 1 is 0.900 bits per heavy atom. The number of carbonyl (C=O) groups excluding carboxylic acids is 3. The van der Waals surface area contributed by atoms with Gasteiger partial charge in [0.15, 0.2) is 13.2 Å². The number of hydrogen-bond donors (Lipinski definition) is 2. The molecule has 0 spiro atoms. The number of hydrogen-bond acceptors (Lipinski definition) is 7. The van der Waals surface area contributed by atoms with Gasteiger partial charge in [-0.3, -0.25) is 9.59 Å². The van der Waals surface area contributed by atoms with Crippen LogP contribution in [0.5, 0.6) is 17.2 Å². The number of rotatable bonds is 10. The van der Waals surface area contributed by atoms with Crippen molar-refractivity contribution in [3.8, 4) is 17.2 Å². The molecule has 0 aliphatic carbocycles. The van der Waals surface area contributed by atoms with Crippen LogP contribution in [0.2, 0.25) is 0 Å². The van der Waals surface area contributed by atoms with Crippen molar-refractivity contribution in [3.05, 3.63) is 48.5 Å². The van der Waals surface area contributed by atoms with Crippen LogP contribution < -0.4 is 24.8 Å². The molecule has 2 amide bonds. The van der Waals surface area contributed by atoms with E-state index in [1.807, 2.05) is 6.07 Å². The molecule has 0 aliphatic rings. The first-order valence-corrected chi connectivity index (χ1v) is 9.08. The predicted molar refractivity (Wildman–Crippen MR) is 109 cm³/mol. The Morgan fingerprint density at radius 2 is 1.63 bits per heavy atom. The number of amides is 2. The van der Waals surface area contributed by atoms with Crippen LogP contribution in [0.25, 0.3) is 0 Å². The summed E-state index contributed by atoms with van der Waals surface area (Å²) in [5, 5.41) is 5.03. The van der Waals surface area contributed by atoms with Crippen LogP contribution in [0.1, 0.15) is 6.92 Å². The number of nitrogens with one attached hydrogen (secondary N) is 2. The van der Waals surface area contributed by atoms with Gasteiger partial charge in [0.2, 0.25) is 0 Å². The summed E-state index contributed by atoms with van der Waals surface area (Å²) < 4.78 is 20.5. The van der Waals surface area contributed by atoms with Gasteiger partial charge in [-0.1, -0.05) is 18.2 Å². The molecule has 2 aromatic carbocycles. The highest BCUT2D eigenvalue weighted by atomic mass is 16.5. The lowest BCUT2D eigenvalue weighted by molar-refractivity contribution is -0.150. The maximum atomic E-state index is 12.1. The van der Waals surface area contributed by atoms with Gasteiger partial charge in [-0.05, 0) is 31.2 Å². The molecule has 9 nitrogen and oxygen atoms in total. The van der Waals surface area contributed by atoms with Crippen LogP contribution in [-0.2, 0) is 19.1 Å². The van der Waals surface area contributed by atoms with Gasteiger partial charge in [0.1, 0.15) is 23.3 Å². The summed E-state index contributed by atoms with van der Waals surface area (Å²) in [4.78, 5) is 36.0. The number of esters is 1. The van der Waals surface area contributed by atoms with Crippen LogP contribution in [0, 0.1) is 0 Å². The fourth-order valence-electron chi connectivity index (χ4n) is 2.36. The minimum atomic E-state index is -0.944. The van der Waals surface area contributed by atoms with Crippen molar-refractivity contribution in [1.82, 2.24) is 5.32 Å². The van der Waals surface area contributed by atoms with E-state index in [1.54, 1.807) is 42.5 Å². The Morgan fingerprint density at radius 3 is 2.30 bits per heavy atom. The number of ether oxygens (including phenoxy) is 4. The topological polar surface area (TPSA) is 112 Å². The molecule has 0 aliphatic heterocycles. The third-order valence-corrected chi connectivity index (χ3v) is 3.87. The largest absolute Gasteiger partial charge is 0.497 e. The maximum Gasteiger partial charge on any atom is 0.328 e. The maximum absolute atomic E-state index is 12.1. The summed E-state index contributed by atoms with van der Waals surface area (Å²) in [6.07, 6.45) is 0. The molecule has 2 N–H and O–H groups in total. The minimum absolute atomic E-state index is 0.251. The summed E-state index contributed by atoms with van der Waals surface area (Å²) in [6, 6.07) is 12.7. The van der Waals surface area contributed by atoms with Gasteiger partial charge in [-0.25, -0.2) is 4.79 Å². The highest BCUT2D eigenvalue weighted by Crippen LogP contribution is 2.28. The van der Waals surface area contributed by atoms with Crippen molar-refractivity contribution in [2.75, 3.05) is 32.8 Å². The molecule has 0 heterocycles. The van der Waals surface area contributed by atoms with E-state index in [1.165, 1.54) is 21.1 Å². The molecule has 0 fully saturated rings. The third-order valence-electron chi connectivity index (χ3n) is 3.87. The molecule has 0 unspecified atom stereocenters. The Balaban J connectivity index is 1.76. The van der Waals surface area contributed by atoms with E-state index >= 15 is 0 Å². The van der Waals surface area contributed by atoms with E-state index in [0.717, 1.165) is 0 Å². The van der Waals surface area contributed by atoms with Gasteiger partial charge in [0.25, 0.3) is 11.8 Å². The van der Waals surface area contributed by atoms with Crippen LogP contribution >= 0.6 is 0 Å². The lowest BCUT2D eigenvalue weighted by atomic mass is 10.2. The lowest BCUT2D eigenvalue weighted by Gasteiger charge is -2.14. The Hall–Kier alpha value is -3.75. The molecular weight excluding hydrogens is 392 g/mol. The van der Waals surface area contributed by atoms with Crippen LogP contribution in [0.4, 0.5) is 5.69 Å². The molecule has 1 atom stereocenters. The molecule has 0 saturated heterocycles. The standard InChI is InChI=1S/C21H24N2O7/c1-14(22-19(24)12-29-15-7-5-4-6-8-15)21(26)30-13-20(25)23-17-10-9-16(27-2)11-18(17)28-3/h4-11,14H,12-13H2,1-3H3,(H,22,24)(H,23,25)/t14-/m0/s1. The lowest BCUT2D eigenvalue weighted by Crippen LogP contribution is -2.42. The summed E-state index contributed by atoms with van der Waals surface area (Å²) >= 11 is 0. The monoisotopic (exact) mass is 416 g/mol. The number of benzene rings is 2. The quantitative estimate of drug-likeness (QED) is 0.568. The zero-order chi connectivity index (χ0) is 21.9. The summed E-state index contributed by atoms with van der Waals surface area (Å²) in [5.74, 6) is -0.299. The van der Waals surface area contributed by atoms with Crippen LogP contribution in [-0.4, -0.2) is 51.3 Å². The van der Waals surface area contributed by atoms with Crippen molar-refractivity contribution in [2.45, 2.75) is 13.0 Å². The summed E-state index contributed by atoms with van der Waals surface area (Å²) in [6.45, 7) is 0.682. The molecule has 0 radical (unpaired) electrons. The Bertz CT molecular complexity index is 871. The fraction of sp³-hybridized carbons (Fsp3) is 0.286. The van der Waals surface area contributed by atoms with E-state index in [0.29, 0.717) is 22.9 Å². The third kappa shape index (κ3) is 7.01. The molecule has 30 heavy (non-hydrogen) atoms. The van der Waals surface area contributed by atoms with E-state index in [2.05, 4.69) is 10.6 Å². The number of methoxy groups -OCH3 is 2. The van der Waals surface area contributed by atoms with Crippen molar-refractivity contribution < 1.29 is 33.3 Å². The van der Waals surface area contributed by atoms with Gasteiger partial charge < -0.3 is 29.6 Å². The molecule has 0 aromatic heterocycles. The zero-order valence-electron chi connectivity index (χ0n) is 17.0. The minimum Gasteiger partial charge on any atom is -0.497 e. The smallest absolute Gasteiger partial charge is 0.328 e. The van der Waals surface area contributed by atoms with Crippen molar-refractivity contribution in [3.63, 3.8) is 0 Å². The number of carbonyl (C=O) groups is 3. The van der Waals surface area contributed by atoms with Crippen LogP contribution in [0.3, 0.4) is 0 Å². The molecule has 2 aromatic rings. The Labute approximate surface area is 174 Å².